The van der Waals surface area contributed by atoms with E-state index in [4.69, 9.17) is 5.11 Å². The average Bonchev–Trinajstić information content (AvgIpc) is 2.75. The molecule has 2 N–H and O–H groups in total. The number of carbonyl (C=O) groups excluding carboxylic acids is 1. The summed E-state index contributed by atoms with van der Waals surface area (Å²) >= 11 is 0. The van der Waals surface area contributed by atoms with E-state index < -0.39 is 11.5 Å². The second-order valence-corrected chi connectivity index (χ2v) is 5.85. The molecular weight excluding hydrogens is 246 g/mol. The van der Waals surface area contributed by atoms with Crippen LogP contribution in [0.15, 0.2) is 0 Å². The van der Waals surface area contributed by atoms with Crippen molar-refractivity contribution in [3.05, 3.63) is 0 Å². The lowest BCUT2D eigenvalue weighted by molar-refractivity contribution is -0.138. The fraction of sp³-hybridized carbons (Fsp3) is 0.846. The first kappa shape index (κ1) is 15.8. The maximum absolute atomic E-state index is 11.9. The second-order valence-electron chi connectivity index (χ2n) is 5.85. The second kappa shape index (κ2) is 6.75. The summed E-state index contributed by atoms with van der Waals surface area (Å²) < 4.78 is 0. The number of carboxylic acid groups (broad SMARTS) is 1. The smallest absolute Gasteiger partial charge is 0.317 e. The highest BCUT2D eigenvalue weighted by molar-refractivity contribution is 5.76. The molecule has 0 spiro atoms. The van der Waals surface area contributed by atoms with E-state index in [1.54, 1.807) is 25.8 Å². The Morgan fingerprint density at radius 2 is 1.89 bits per heavy atom. The van der Waals surface area contributed by atoms with E-state index in [9.17, 15) is 9.59 Å². The van der Waals surface area contributed by atoms with Gasteiger partial charge in [-0.05, 0) is 39.8 Å². The van der Waals surface area contributed by atoms with Crippen LogP contribution in [0.5, 0.6) is 0 Å². The fourth-order valence-electron chi connectivity index (χ4n) is 2.21. The number of nitrogens with one attached hydrogen (secondary N) is 1. The van der Waals surface area contributed by atoms with Crippen molar-refractivity contribution in [2.75, 3.05) is 33.2 Å². The molecule has 1 aliphatic heterocycles. The highest BCUT2D eigenvalue weighted by Gasteiger charge is 2.25. The molecule has 2 amide bonds. The van der Waals surface area contributed by atoms with Crippen molar-refractivity contribution in [1.29, 1.82) is 0 Å². The van der Waals surface area contributed by atoms with E-state index in [0.29, 0.717) is 6.54 Å². The van der Waals surface area contributed by atoms with Crippen molar-refractivity contribution in [2.24, 2.45) is 0 Å². The van der Waals surface area contributed by atoms with Crippen molar-refractivity contribution in [3.8, 4) is 0 Å². The Hall–Kier alpha value is -1.30. The molecular formula is C13H25N3O3. The molecule has 0 unspecified atom stereocenters. The van der Waals surface area contributed by atoms with Crippen LogP contribution in [0.1, 0.15) is 33.1 Å². The summed E-state index contributed by atoms with van der Waals surface area (Å²) in [6.45, 7) is 7.19. The molecule has 0 atom stereocenters. The molecule has 1 fully saturated rings. The summed E-state index contributed by atoms with van der Waals surface area (Å²) in [7, 11) is 1.74. The van der Waals surface area contributed by atoms with Crippen LogP contribution >= 0.6 is 0 Å². The number of hydrogen-bond acceptors (Lipinski definition) is 3. The largest absolute Gasteiger partial charge is 0.481 e. The van der Waals surface area contributed by atoms with Gasteiger partial charge in [-0.25, -0.2) is 4.79 Å². The van der Waals surface area contributed by atoms with Gasteiger partial charge in [0.1, 0.15) is 0 Å². The van der Waals surface area contributed by atoms with Crippen molar-refractivity contribution in [1.82, 2.24) is 15.1 Å². The number of hydrogen-bond donors (Lipinski definition) is 2. The lowest BCUT2D eigenvalue weighted by Crippen LogP contribution is -2.51. The monoisotopic (exact) mass is 271 g/mol. The normalized spacial score (nSPS) is 16.4. The quantitative estimate of drug-likeness (QED) is 0.755. The zero-order valence-corrected chi connectivity index (χ0v) is 12.1. The first-order valence-electron chi connectivity index (χ1n) is 6.77. The van der Waals surface area contributed by atoms with Gasteiger partial charge in [0.2, 0.25) is 0 Å². The standard InChI is InChI=1S/C13H25N3O3/c1-13(2,10-11(17)18)14-12(19)15(3)8-9-16-6-4-5-7-16/h4-10H2,1-3H3,(H,14,19)(H,17,18). The van der Waals surface area contributed by atoms with Gasteiger partial charge < -0.3 is 20.2 Å². The van der Waals surface area contributed by atoms with Crippen molar-refractivity contribution < 1.29 is 14.7 Å². The molecule has 0 aromatic heterocycles. The van der Waals surface area contributed by atoms with Crippen LogP contribution in [0.3, 0.4) is 0 Å². The summed E-state index contributed by atoms with van der Waals surface area (Å²) in [4.78, 5) is 26.6. The first-order valence-corrected chi connectivity index (χ1v) is 6.77. The lowest BCUT2D eigenvalue weighted by atomic mass is 10.0. The fourth-order valence-corrected chi connectivity index (χ4v) is 2.21. The molecule has 6 nitrogen and oxygen atoms in total. The Labute approximate surface area is 114 Å². The van der Waals surface area contributed by atoms with Crippen LogP contribution in [0.2, 0.25) is 0 Å². The minimum absolute atomic E-state index is 0.0846. The molecule has 0 saturated carbocycles. The van der Waals surface area contributed by atoms with E-state index in [-0.39, 0.29) is 12.5 Å². The Morgan fingerprint density at radius 3 is 2.42 bits per heavy atom. The number of likely N-dealkylation sites (tertiary alicyclic amines) is 1. The van der Waals surface area contributed by atoms with Crippen LogP contribution in [0.25, 0.3) is 0 Å². The number of urea groups is 1. The lowest BCUT2D eigenvalue weighted by Gasteiger charge is -2.28. The molecule has 0 aliphatic carbocycles. The van der Waals surface area contributed by atoms with Gasteiger partial charge in [-0.2, -0.15) is 0 Å². The number of carboxylic acids is 1. The summed E-state index contributed by atoms with van der Waals surface area (Å²) in [6, 6.07) is -0.217. The van der Waals surface area contributed by atoms with Crippen LogP contribution in [-0.2, 0) is 4.79 Å². The van der Waals surface area contributed by atoms with E-state index in [0.717, 1.165) is 19.6 Å². The minimum Gasteiger partial charge on any atom is -0.481 e. The third-order valence-corrected chi connectivity index (χ3v) is 3.34. The number of nitrogens with zero attached hydrogens (tertiary/aromatic N) is 2. The number of likely N-dealkylation sites (N-methyl/N-ethyl adjacent to an activating group) is 1. The topological polar surface area (TPSA) is 72.9 Å². The Balaban J connectivity index is 2.32. The summed E-state index contributed by atoms with van der Waals surface area (Å²) in [5.41, 5.74) is -0.731. The van der Waals surface area contributed by atoms with E-state index in [1.165, 1.54) is 12.8 Å². The number of aliphatic carboxylic acids is 1. The van der Waals surface area contributed by atoms with Crippen LogP contribution < -0.4 is 5.32 Å². The maximum atomic E-state index is 11.9. The highest BCUT2D eigenvalue weighted by Crippen LogP contribution is 2.09. The molecule has 19 heavy (non-hydrogen) atoms. The van der Waals surface area contributed by atoms with Gasteiger partial charge in [0.15, 0.2) is 0 Å². The summed E-state index contributed by atoms with van der Waals surface area (Å²) in [5, 5.41) is 11.5. The number of amides is 2. The Bertz CT molecular complexity index is 325. The maximum Gasteiger partial charge on any atom is 0.317 e. The van der Waals surface area contributed by atoms with E-state index >= 15 is 0 Å². The van der Waals surface area contributed by atoms with E-state index in [1.807, 2.05) is 0 Å². The van der Waals surface area contributed by atoms with E-state index in [2.05, 4.69) is 10.2 Å². The molecule has 1 rings (SSSR count). The third-order valence-electron chi connectivity index (χ3n) is 3.34. The third kappa shape index (κ3) is 5.92. The Kier molecular flexibility index (Phi) is 5.60. The van der Waals surface area contributed by atoms with Crippen LogP contribution in [-0.4, -0.2) is 65.7 Å². The minimum atomic E-state index is -0.912. The van der Waals surface area contributed by atoms with Gasteiger partial charge in [0.25, 0.3) is 0 Å². The van der Waals surface area contributed by atoms with Gasteiger partial charge in [0.05, 0.1) is 6.42 Å². The van der Waals surface area contributed by atoms with Gasteiger partial charge in [0, 0.05) is 25.7 Å². The molecule has 0 aromatic carbocycles. The van der Waals surface area contributed by atoms with Crippen LogP contribution in [0, 0.1) is 0 Å². The van der Waals surface area contributed by atoms with Crippen LogP contribution in [0.4, 0.5) is 4.79 Å². The van der Waals surface area contributed by atoms with Gasteiger partial charge in [-0.3, -0.25) is 4.79 Å². The SMILES string of the molecule is CN(CCN1CCCC1)C(=O)NC(C)(C)CC(=O)O. The molecule has 1 heterocycles. The summed E-state index contributed by atoms with van der Waals surface area (Å²) in [6.07, 6.45) is 2.39. The first-order chi connectivity index (χ1) is 8.80. The molecule has 1 saturated heterocycles. The van der Waals surface area contributed by atoms with Gasteiger partial charge >= 0.3 is 12.0 Å². The van der Waals surface area contributed by atoms with Crippen molar-refractivity contribution in [2.45, 2.75) is 38.6 Å². The molecule has 0 aromatic rings. The number of rotatable bonds is 6. The predicted molar refractivity (Wildman–Crippen MR) is 73.2 cm³/mol. The predicted octanol–water partition coefficient (Wildman–Crippen LogP) is 0.977. The van der Waals surface area contributed by atoms with Crippen molar-refractivity contribution in [3.63, 3.8) is 0 Å². The molecule has 0 bridgehead atoms. The molecule has 1 aliphatic rings. The highest BCUT2D eigenvalue weighted by atomic mass is 16.4. The Morgan fingerprint density at radius 1 is 1.32 bits per heavy atom. The summed E-state index contributed by atoms with van der Waals surface area (Å²) in [5.74, 6) is -0.912. The van der Waals surface area contributed by atoms with Gasteiger partial charge in [-0.15, -0.1) is 0 Å². The average molecular weight is 271 g/mol. The van der Waals surface area contributed by atoms with Gasteiger partial charge in [-0.1, -0.05) is 0 Å². The zero-order valence-electron chi connectivity index (χ0n) is 12.1. The zero-order chi connectivity index (χ0) is 14.5. The molecule has 110 valence electrons. The van der Waals surface area contributed by atoms with Crippen molar-refractivity contribution >= 4 is 12.0 Å². The number of carbonyl (C=O) groups is 2. The molecule has 0 radical (unpaired) electrons. The molecule has 6 heteroatoms.